The van der Waals surface area contributed by atoms with Crippen LogP contribution in [0.4, 0.5) is 0 Å². The van der Waals surface area contributed by atoms with Crippen molar-refractivity contribution in [2.45, 2.75) is 33.6 Å². The van der Waals surface area contributed by atoms with Gasteiger partial charge in [-0.15, -0.1) is 0 Å². The number of Topliss-reactive ketones (excluding diaryl/α,β-unsaturated/α-hetero) is 1. The maximum Gasteiger partial charge on any atom is 0.139 e. The Bertz CT molecular complexity index is 136. The Morgan fingerprint density at radius 3 is 2.33 bits per heavy atom. The third-order valence-corrected chi connectivity index (χ3v) is 2.66. The van der Waals surface area contributed by atoms with Crippen molar-refractivity contribution in [3.05, 3.63) is 0 Å². The summed E-state index contributed by atoms with van der Waals surface area (Å²) in [6.07, 6.45) is 1.97. The van der Waals surface area contributed by atoms with E-state index in [-0.39, 0.29) is 5.41 Å². The zero-order valence-corrected chi connectivity index (χ0v) is 6.40. The fourth-order valence-corrected chi connectivity index (χ4v) is 1.49. The van der Waals surface area contributed by atoms with Gasteiger partial charge in [-0.25, -0.2) is 0 Å². The fourth-order valence-electron chi connectivity index (χ4n) is 1.49. The molecular formula is C8H14O. The first kappa shape index (κ1) is 6.79. The molecule has 0 saturated heterocycles. The summed E-state index contributed by atoms with van der Waals surface area (Å²) in [5.74, 6) is 1.10. The number of rotatable bonds is 1. The molecule has 1 rings (SSSR count). The van der Waals surface area contributed by atoms with Crippen molar-refractivity contribution in [3.63, 3.8) is 0 Å². The van der Waals surface area contributed by atoms with Crippen LogP contribution >= 0.6 is 0 Å². The number of ketones is 1. The quantitative estimate of drug-likeness (QED) is 0.525. The molecule has 1 saturated carbocycles. The van der Waals surface area contributed by atoms with E-state index in [1.807, 2.05) is 13.8 Å². The predicted octanol–water partition coefficient (Wildman–Crippen LogP) is 2.01. The smallest absolute Gasteiger partial charge is 0.139 e. The Morgan fingerprint density at radius 2 is 2.22 bits per heavy atom. The van der Waals surface area contributed by atoms with E-state index in [1.165, 1.54) is 0 Å². The van der Waals surface area contributed by atoms with Crippen LogP contribution in [0.3, 0.4) is 0 Å². The van der Waals surface area contributed by atoms with Crippen molar-refractivity contribution in [3.8, 4) is 0 Å². The minimum absolute atomic E-state index is 0.00868. The van der Waals surface area contributed by atoms with Crippen molar-refractivity contribution in [2.75, 3.05) is 0 Å². The van der Waals surface area contributed by atoms with Crippen molar-refractivity contribution in [2.24, 2.45) is 11.3 Å². The average Bonchev–Trinajstić information content (AvgIpc) is 1.82. The standard InChI is InChI=1S/C8H14O/c1-4-6-5-7(9)8(6,2)3/h6H,4-5H2,1-3H3/t6-/m0/s1. The molecule has 1 nitrogen and oxygen atoms in total. The third kappa shape index (κ3) is 0.790. The molecule has 0 N–H and O–H groups in total. The lowest BCUT2D eigenvalue weighted by molar-refractivity contribution is -0.142. The molecule has 1 fully saturated rings. The molecule has 0 radical (unpaired) electrons. The molecule has 1 aliphatic carbocycles. The molecule has 0 heterocycles. The van der Waals surface area contributed by atoms with E-state index in [9.17, 15) is 4.79 Å². The van der Waals surface area contributed by atoms with Gasteiger partial charge in [-0.05, 0) is 5.92 Å². The zero-order valence-electron chi connectivity index (χ0n) is 6.40. The van der Waals surface area contributed by atoms with E-state index in [2.05, 4.69) is 6.92 Å². The molecule has 1 aliphatic rings. The Hall–Kier alpha value is -0.330. The highest BCUT2D eigenvalue weighted by Gasteiger charge is 2.45. The maximum absolute atomic E-state index is 10.9. The van der Waals surface area contributed by atoms with Gasteiger partial charge in [0, 0.05) is 11.8 Å². The zero-order chi connectivity index (χ0) is 7.07. The fraction of sp³-hybridized carbons (Fsp3) is 0.875. The van der Waals surface area contributed by atoms with Crippen LogP contribution in [0.5, 0.6) is 0 Å². The number of hydrogen-bond donors (Lipinski definition) is 0. The minimum atomic E-state index is 0.00868. The molecule has 1 atom stereocenters. The van der Waals surface area contributed by atoms with Gasteiger partial charge in [0.2, 0.25) is 0 Å². The van der Waals surface area contributed by atoms with Crippen LogP contribution < -0.4 is 0 Å². The Morgan fingerprint density at radius 1 is 1.67 bits per heavy atom. The van der Waals surface area contributed by atoms with E-state index in [0.717, 1.165) is 12.8 Å². The Kier molecular flexibility index (Phi) is 1.38. The van der Waals surface area contributed by atoms with Crippen LogP contribution in [0.1, 0.15) is 33.6 Å². The number of hydrogen-bond acceptors (Lipinski definition) is 1. The predicted molar refractivity (Wildman–Crippen MR) is 37.2 cm³/mol. The molecule has 52 valence electrons. The third-order valence-electron chi connectivity index (χ3n) is 2.66. The van der Waals surface area contributed by atoms with Gasteiger partial charge in [0.1, 0.15) is 5.78 Å². The van der Waals surface area contributed by atoms with Crippen LogP contribution in [0.25, 0.3) is 0 Å². The normalized spacial score (nSPS) is 31.9. The molecule has 0 aromatic carbocycles. The van der Waals surface area contributed by atoms with Crippen molar-refractivity contribution in [1.82, 2.24) is 0 Å². The molecule has 0 unspecified atom stereocenters. The molecule has 0 aromatic heterocycles. The molecule has 0 aromatic rings. The molecular weight excluding hydrogens is 112 g/mol. The van der Waals surface area contributed by atoms with Crippen molar-refractivity contribution in [1.29, 1.82) is 0 Å². The van der Waals surface area contributed by atoms with E-state index >= 15 is 0 Å². The van der Waals surface area contributed by atoms with Crippen LogP contribution in [0.15, 0.2) is 0 Å². The van der Waals surface area contributed by atoms with E-state index in [1.54, 1.807) is 0 Å². The lowest BCUT2D eigenvalue weighted by atomic mass is 9.60. The summed E-state index contributed by atoms with van der Waals surface area (Å²) in [7, 11) is 0. The first-order chi connectivity index (χ1) is 4.09. The van der Waals surface area contributed by atoms with Gasteiger partial charge >= 0.3 is 0 Å². The average molecular weight is 126 g/mol. The van der Waals surface area contributed by atoms with Gasteiger partial charge in [0.25, 0.3) is 0 Å². The first-order valence-electron chi connectivity index (χ1n) is 3.62. The number of carbonyl (C=O) groups is 1. The maximum atomic E-state index is 10.9. The highest BCUT2D eigenvalue weighted by molar-refractivity contribution is 5.90. The summed E-state index contributed by atoms with van der Waals surface area (Å²) in [6.45, 7) is 6.25. The van der Waals surface area contributed by atoms with E-state index in [0.29, 0.717) is 11.7 Å². The molecule has 0 aliphatic heterocycles. The van der Waals surface area contributed by atoms with Gasteiger partial charge in [-0.3, -0.25) is 4.79 Å². The van der Waals surface area contributed by atoms with E-state index in [4.69, 9.17) is 0 Å². The Balaban J connectivity index is 2.58. The van der Waals surface area contributed by atoms with Crippen LogP contribution in [0, 0.1) is 11.3 Å². The van der Waals surface area contributed by atoms with Gasteiger partial charge in [-0.2, -0.15) is 0 Å². The van der Waals surface area contributed by atoms with Gasteiger partial charge in [-0.1, -0.05) is 27.2 Å². The largest absolute Gasteiger partial charge is 0.299 e. The highest BCUT2D eigenvalue weighted by Crippen LogP contribution is 2.44. The molecule has 1 heteroatoms. The topological polar surface area (TPSA) is 17.1 Å². The SMILES string of the molecule is CC[C@H]1CC(=O)C1(C)C. The summed E-state index contributed by atoms with van der Waals surface area (Å²) in [6, 6.07) is 0. The van der Waals surface area contributed by atoms with Crippen molar-refractivity contribution >= 4 is 5.78 Å². The summed E-state index contributed by atoms with van der Waals surface area (Å²) >= 11 is 0. The summed E-state index contributed by atoms with van der Waals surface area (Å²) in [5.41, 5.74) is 0.00868. The monoisotopic (exact) mass is 126 g/mol. The second-order valence-corrected chi connectivity index (χ2v) is 3.45. The van der Waals surface area contributed by atoms with Gasteiger partial charge in [0.15, 0.2) is 0 Å². The lowest BCUT2D eigenvalue weighted by Crippen LogP contribution is -2.44. The minimum Gasteiger partial charge on any atom is -0.299 e. The lowest BCUT2D eigenvalue weighted by Gasteiger charge is -2.42. The first-order valence-corrected chi connectivity index (χ1v) is 3.62. The summed E-state index contributed by atoms with van der Waals surface area (Å²) < 4.78 is 0. The van der Waals surface area contributed by atoms with Crippen LogP contribution in [0.2, 0.25) is 0 Å². The molecule has 0 amide bonds. The second-order valence-electron chi connectivity index (χ2n) is 3.45. The van der Waals surface area contributed by atoms with Crippen molar-refractivity contribution < 1.29 is 4.79 Å². The molecule has 9 heavy (non-hydrogen) atoms. The molecule has 0 bridgehead atoms. The molecule has 0 spiro atoms. The second kappa shape index (κ2) is 1.83. The summed E-state index contributed by atoms with van der Waals surface area (Å²) in [5, 5.41) is 0. The van der Waals surface area contributed by atoms with Gasteiger partial charge in [0.05, 0.1) is 0 Å². The van der Waals surface area contributed by atoms with Crippen LogP contribution in [-0.4, -0.2) is 5.78 Å². The highest BCUT2D eigenvalue weighted by atomic mass is 16.1. The van der Waals surface area contributed by atoms with Crippen LogP contribution in [-0.2, 0) is 4.79 Å². The summed E-state index contributed by atoms with van der Waals surface area (Å²) in [4.78, 5) is 10.9. The van der Waals surface area contributed by atoms with E-state index < -0.39 is 0 Å². The Labute approximate surface area is 56.4 Å². The number of carbonyl (C=O) groups excluding carboxylic acids is 1. The van der Waals surface area contributed by atoms with Gasteiger partial charge < -0.3 is 0 Å².